The van der Waals surface area contributed by atoms with Crippen molar-refractivity contribution in [2.75, 3.05) is 12.1 Å². The van der Waals surface area contributed by atoms with Crippen LogP contribution in [-0.2, 0) is 0 Å². The summed E-state index contributed by atoms with van der Waals surface area (Å²) in [5.74, 6) is 0. The molecule has 0 aliphatic rings. The zero-order valence-corrected chi connectivity index (χ0v) is 8.69. The number of halogens is 1. The van der Waals surface area contributed by atoms with Crippen molar-refractivity contribution < 1.29 is 0 Å². The predicted molar refractivity (Wildman–Crippen MR) is 56.2 cm³/mol. The minimum atomic E-state index is 0.808. The van der Waals surface area contributed by atoms with Crippen LogP contribution in [0.4, 0.5) is 5.69 Å². The molecule has 0 N–H and O–H groups in total. The molecule has 0 fully saturated rings. The zero-order valence-electron chi connectivity index (χ0n) is 7.11. The molecule has 0 aliphatic heterocycles. The number of rotatable bonds is 2. The van der Waals surface area contributed by atoms with Crippen molar-refractivity contribution in [3.05, 3.63) is 28.7 Å². The summed E-state index contributed by atoms with van der Waals surface area (Å²) >= 11 is 3.34. The fraction of sp³-hybridized carbons (Fsp3) is 0.111. The normalized spacial score (nSPS) is 9.92. The molecule has 4 heteroatoms. The fourth-order valence-corrected chi connectivity index (χ4v) is 1.24. The van der Waals surface area contributed by atoms with Crippen LogP contribution >= 0.6 is 15.9 Å². The Bertz CT molecular complexity index is 354. The molecule has 0 atom stereocenters. The van der Waals surface area contributed by atoms with Gasteiger partial charge in [0.25, 0.3) is 0 Å². The first kappa shape index (κ1) is 9.75. The van der Waals surface area contributed by atoms with Crippen LogP contribution in [0.5, 0.6) is 0 Å². The van der Waals surface area contributed by atoms with Crippen LogP contribution in [0.1, 0.15) is 0 Å². The quantitative estimate of drug-likeness (QED) is 0.337. The van der Waals surface area contributed by atoms with Gasteiger partial charge in [0, 0.05) is 10.5 Å². The minimum absolute atomic E-state index is 0.808. The molecule has 1 aromatic carbocycles. The van der Waals surface area contributed by atoms with Gasteiger partial charge in [-0.15, -0.1) is 0 Å². The Hall–Kier alpha value is -1.34. The van der Waals surface area contributed by atoms with Gasteiger partial charge in [0.2, 0.25) is 0 Å². The molecule has 1 rings (SSSR count). The maximum absolute atomic E-state index is 5.25. The second kappa shape index (κ2) is 4.63. The molecule has 3 nitrogen and oxygen atoms in total. The van der Waals surface area contributed by atoms with Crippen molar-refractivity contribution in [1.29, 1.82) is 0 Å². The molecule has 0 spiro atoms. The standard InChI is InChI=1S/C9H8BrN3/c1-3-13(12-11-2)9-6-4-5-8(10)7-9/h1,4-7H,2H3. The zero-order chi connectivity index (χ0) is 9.68. The van der Waals surface area contributed by atoms with E-state index in [2.05, 4.69) is 32.3 Å². The Morgan fingerprint density at radius 1 is 1.54 bits per heavy atom. The highest BCUT2D eigenvalue weighted by atomic mass is 79.9. The lowest BCUT2D eigenvalue weighted by molar-refractivity contribution is 0.962. The monoisotopic (exact) mass is 237 g/mol. The van der Waals surface area contributed by atoms with E-state index in [4.69, 9.17) is 6.42 Å². The summed E-state index contributed by atoms with van der Waals surface area (Å²) in [5, 5.41) is 8.73. The van der Waals surface area contributed by atoms with E-state index in [1.165, 1.54) is 5.01 Å². The van der Waals surface area contributed by atoms with Crippen LogP contribution in [0, 0.1) is 12.5 Å². The van der Waals surface area contributed by atoms with Crippen molar-refractivity contribution in [3.63, 3.8) is 0 Å². The first-order valence-electron chi connectivity index (χ1n) is 3.59. The average molecular weight is 238 g/mol. The third kappa shape index (κ3) is 2.56. The molecule has 0 saturated heterocycles. The summed E-state index contributed by atoms with van der Waals surface area (Å²) in [7, 11) is 1.57. The highest BCUT2D eigenvalue weighted by Crippen LogP contribution is 2.19. The van der Waals surface area contributed by atoms with Gasteiger partial charge < -0.3 is 0 Å². The number of terminal acetylenes is 1. The molecule has 66 valence electrons. The van der Waals surface area contributed by atoms with E-state index in [0.717, 1.165) is 10.2 Å². The largest absolute Gasteiger partial charge is 0.173 e. The second-order valence-electron chi connectivity index (χ2n) is 2.21. The number of benzene rings is 1. The summed E-state index contributed by atoms with van der Waals surface area (Å²) in [6.45, 7) is 0. The highest BCUT2D eigenvalue weighted by molar-refractivity contribution is 9.10. The van der Waals surface area contributed by atoms with Gasteiger partial charge in [0.1, 0.15) is 0 Å². The lowest BCUT2D eigenvalue weighted by Crippen LogP contribution is -2.06. The minimum Gasteiger partial charge on any atom is -0.173 e. The molecule has 0 aromatic heterocycles. The number of hydrogen-bond donors (Lipinski definition) is 0. The van der Waals surface area contributed by atoms with E-state index >= 15 is 0 Å². The van der Waals surface area contributed by atoms with Gasteiger partial charge in [-0.2, -0.15) is 10.1 Å². The van der Waals surface area contributed by atoms with Gasteiger partial charge in [-0.1, -0.05) is 33.6 Å². The predicted octanol–water partition coefficient (Wildman–Crippen LogP) is 2.84. The Morgan fingerprint density at radius 3 is 2.85 bits per heavy atom. The lowest BCUT2D eigenvalue weighted by Gasteiger charge is -2.08. The summed E-state index contributed by atoms with van der Waals surface area (Å²) in [4.78, 5) is 0. The molecule has 0 aliphatic carbocycles. The molecular formula is C9H8BrN3. The van der Waals surface area contributed by atoms with Gasteiger partial charge >= 0.3 is 0 Å². The van der Waals surface area contributed by atoms with E-state index in [1.807, 2.05) is 24.3 Å². The number of hydrogen-bond acceptors (Lipinski definition) is 2. The van der Waals surface area contributed by atoms with Crippen LogP contribution in [0.2, 0.25) is 0 Å². The van der Waals surface area contributed by atoms with Crippen molar-refractivity contribution in [2.24, 2.45) is 10.3 Å². The Labute approximate surface area is 85.6 Å². The molecule has 0 saturated carbocycles. The van der Waals surface area contributed by atoms with Gasteiger partial charge in [-0.05, 0) is 18.2 Å². The molecule has 0 amide bonds. The maximum Gasteiger partial charge on any atom is 0.0774 e. The van der Waals surface area contributed by atoms with Crippen molar-refractivity contribution in [2.45, 2.75) is 0 Å². The molecule has 0 bridgehead atoms. The van der Waals surface area contributed by atoms with Crippen LogP contribution in [0.3, 0.4) is 0 Å². The van der Waals surface area contributed by atoms with E-state index in [1.54, 1.807) is 7.05 Å². The fourth-order valence-electron chi connectivity index (χ4n) is 0.849. The lowest BCUT2D eigenvalue weighted by atomic mass is 10.3. The van der Waals surface area contributed by atoms with Crippen LogP contribution < -0.4 is 5.01 Å². The summed E-state index contributed by atoms with van der Waals surface area (Å²) < 4.78 is 0.955. The summed E-state index contributed by atoms with van der Waals surface area (Å²) in [5.41, 5.74) is 0.808. The first-order valence-corrected chi connectivity index (χ1v) is 4.39. The smallest absolute Gasteiger partial charge is 0.0774 e. The molecule has 1 aromatic rings. The molecule has 13 heavy (non-hydrogen) atoms. The third-order valence-electron chi connectivity index (χ3n) is 1.35. The summed E-state index contributed by atoms with van der Waals surface area (Å²) in [6.07, 6.45) is 5.25. The van der Waals surface area contributed by atoms with Gasteiger partial charge in [-0.3, -0.25) is 0 Å². The van der Waals surface area contributed by atoms with Crippen LogP contribution in [0.25, 0.3) is 0 Å². The molecular weight excluding hydrogens is 230 g/mol. The summed E-state index contributed by atoms with van der Waals surface area (Å²) in [6, 6.07) is 9.93. The van der Waals surface area contributed by atoms with Gasteiger partial charge in [-0.25, -0.2) is 0 Å². The van der Waals surface area contributed by atoms with Crippen LogP contribution in [0.15, 0.2) is 39.1 Å². The molecule has 0 radical (unpaired) electrons. The highest BCUT2D eigenvalue weighted by Gasteiger charge is 2.00. The third-order valence-corrected chi connectivity index (χ3v) is 1.85. The van der Waals surface area contributed by atoms with Crippen molar-refractivity contribution in [1.82, 2.24) is 0 Å². The molecule has 0 unspecified atom stereocenters. The Morgan fingerprint density at radius 2 is 2.31 bits per heavy atom. The number of nitrogens with zero attached hydrogens (tertiary/aromatic N) is 3. The Balaban J connectivity index is 2.99. The number of anilines is 1. The van der Waals surface area contributed by atoms with E-state index < -0.39 is 0 Å². The van der Waals surface area contributed by atoms with E-state index in [0.29, 0.717) is 0 Å². The van der Waals surface area contributed by atoms with Crippen LogP contribution in [-0.4, -0.2) is 7.05 Å². The average Bonchev–Trinajstić information content (AvgIpc) is 2.14. The van der Waals surface area contributed by atoms with E-state index in [-0.39, 0.29) is 0 Å². The van der Waals surface area contributed by atoms with Crippen molar-refractivity contribution >= 4 is 21.6 Å². The first-order chi connectivity index (χ1) is 6.27. The molecule has 0 heterocycles. The van der Waals surface area contributed by atoms with Crippen molar-refractivity contribution in [3.8, 4) is 12.5 Å². The van der Waals surface area contributed by atoms with Gasteiger partial charge in [0.15, 0.2) is 0 Å². The maximum atomic E-state index is 5.25. The Kier molecular flexibility index (Phi) is 3.47. The van der Waals surface area contributed by atoms with Gasteiger partial charge in [0.05, 0.1) is 12.7 Å². The second-order valence-corrected chi connectivity index (χ2v) is 3.13. The van der Waals surface area contributed by atoms with E-state index in [9.17, 15) is 0 Å². The SMILES string of the molecule is C#CN(N=NC)c1cccc(Br)c1. The topological polar surface area (TPSA) is 28.0 Å².